The Labute approximate surface area is 188 Å². The molecular formula is C19H21N5O4S3. The number of thiophene rings is 1. The molecule has 1 saturated heterocycles. The van der Waals surface area contributed by atoms with E-state index >= 15 is 0 Å². The van der Waals surface area contributed by atoms with Crippen molar-refractivity contribution in [3.63, 3.8) is 0 Å². The third-order valence-electron chi connectivity index (χ3n) is 4.58. The molecule has 3 heterocycles. The fourth-order valence-corrected chi connectivity index (χ4v) is 5.79. The van der Waals surface area contributed by atoms with Crippen LogP contribution < -0.4 is 5.32 Å². The number of hydrogen-bond donors (Lipinski definition) is 2. The Bertz CT molecular complexity index is 1140. The zero-order chi connectivity index (χ0) is 21.8. The summed E-state index contributed by atoms with van der Waals surface area (Å²) in [7, 11) is -3.63. The average molecular weight is 480 g/mol. The Morgan fingerprint density at radius 3 is 2.84 bits per heavy atom. The zero-order valence-corrected chi connectivity index (χ0v) is 19.1. The van der Waals surface area contributed by atoms with Crippen LogP contribution in [0.25, 0.3) is 10.7 Å². The second-order valence-electron chi connectivity index (χ2n) is 6.74. The van der Waals surface area contributed by atoms with Crippen LogP contribution in [0.1, 0.15) is 6.92 Å². The first-order valence-electron chi connectivity index (χ1n) is 9.55. The molecule has 1 aliphatic rings. The van der Waals surface area contributed by atoms with Crippen LogP contribution in [0.2, 0.25) is 0 Å². The van der Waals surface area contributed by atoms with Gasteiger partial charge in [-0.15, -0.1) is 16.4 Å². The number of nitrogens with zero attached hydrogens (tertiary/aromatic N) is 3. The van der Waals surface area contributed by atoms with Gasteiger partial charge in [0, 0.05) is 18.8 Å². The van der Waals surface area contributed by atoms with E-state index in [4.69, 9.17) is 4.74 Å². The molecule has 1 fully saturated rings. The molecule has 1 aromatic carbocycles. The van der Waals surface area contributed by atoms with Gasteiger partial charge in [-0.2, -0.15) is 4.31 Å². The number of anilines is 1. The average Bonchev–Trinajstić information content (AvgIpc) is 3.46. The first kappa shape index (κ1) is 22.0. The summed E-state index contributed by atoms with van der Waals surface area (Å²) in [6, 6.07) is 10.1. The van der Waals surface area contributed by atoms with Crippen molar-refractivity contribution in [2.24, 2.45) is 0 Å². The summed E-state index contributed by atoms with van der Waals surface area (Å²) >= 11 is 2.77. The van der Waals surface area contributed by atoms with Gasteiger partial charge in [-0.25, -0.2) is 13.4 Å². The molecule has 0 spiro atoms. The van der Waals surface area contributed by atoms with E-state index < -0.39 is 15.3 Å². The van der Waals surface area contributed by atoms with Crippen molar-refractivity contribution in [3.8, 4) is 10.7 Å². The number of sulfonamides is 1. The molecular weight excluding hydrogens is 458 g/mol. The van der Waals surface area contributed by atoms with E-state index in [9.17, 15) is 13.2 Å². The number of carbonyl (C=O) groups excluding carboxylic acids is 1. The van der Waals surface area contributed by atoms with Gasteiger partial charge in [0.1, 0.15) is 0 Å². The highest BCUT2D eigenvalue weighted by molar-refractivity contribution is 8.00. The van der Waals surface area contributed by atoms with Crippen molar-refractivity contribution in [3.05, 3.63) is 41.8 Å². The number of H-pyrrole nitrogens is 1. The summed E-state index contributed by atoms with van der Waals surface area (Å²) in [6.07, 6.45) is 0. The van der Waals surface area contributed by atoms with E-state index in [0.29, 0.717) is 43.0 Å². The number of carbonyl (C=O) groups is 1. The molecule has 2 aromatic heterocycles. The molecule has 9 nitrogen and oxygen atoms in total. The van der Waals surface area contributed by atoms with Gasteiger partial charge in [-0.05, 0) is 36.6 Å². The number of morpholine rings is 1. The second kappa shape index (κ2) is 9.49. The lowest BCUT2D eigenvalue weighted by Crippen LogP contribution is -2.40. The molecule has 0 bridgehead atoms. The summed E-state index contributed by atoms with van der Waals surface area (Å²) in [6.45, 7) is 3.13. The standard InChI is InChI=1S/C19H21N5O4S3/c1-13(30-19-21-17(22-23-19)16-6-3-11-29-16)18(25)20-14-4-2-5-15(12-14)31(26,27)24-7-9-28-10-8-24/h2-6,11-13H,7-10H2,1H3,(H,20,25)(H,21,22,23)/t13-/m0/s1. The van der Waals surface area contributed by atoms with Gasteiger partial charge >= 0.3 is 0 Å². The Hall–Kier alpha value is -2.25. The first-order valence-corrected chi connectivity index (χ1v) is 12.8. The largest absolute Gasteiger partial charge is 0.379 e. The van der Waals surface area contributed by atoms with Crippen LogP contribution in [-0.4, -0.2) is 65.4 Å². The van der Waals surface area contributed by atoms with Crippen LogP contribution in [0.4, 0.5) is 5.69 Å². The van der Waals surface area contributed by atoms with Crippen LogP contribution in [0.15, 0.2) is 51.8 Å². The Balaban J connectivity index is 1.41. The van der Waals surface area contributed by atoms with E-state index in [2.05, 4.69) is 20.5 Å². The maximum absolute atomic E-state index is 12.8. The number of rotatable bonds is 7. The molecule has 12 heteroatoms. The summed E-state index contributed by atoms with van der Waals surface area (Å²) in [5.74, 6) is 0.388. The van der Waals surface area contributed by atoms with Crippen molar-refractivity contribution >= 4 is 44.7 Å². The van der Waals surface area contributed by atoms with Gasteiger partial charge in [0.25, 0.3) is 0 Å². The number of amides is 1. The molecule has 3 aromatic rings. The number of benzene rings is 1. The number of aromatic amines is 1. The van der Waals surface area contributed by atoms with Crippen molar-refractivity contribution in [1.82, 2.24) is 19.5 Å². The lowest BCUT2D eigenvalue weighted by atomic mass is 10.3. The number of aromatic nitrogens is 3. The van der Waals surface area contributed by atoms with Crippen LogP contribution in [0.3, 0.4) is 0 Å². The molecule has 164 valence electrons. The minimum atomic E-state index is -3.63. The van der Waals surface area contributed by atoms with E-state index in [-0.39, 0.29) is 10.8 Å². The predicted octanol–water partition coefficient (Wildman–Crippen LogP) is 2.67. The molecule has 2 N–H and O–H groups in total. The van der Waals surface area contributed by atoms with Gasteiger partial charge in [0.15, 0.2) is 5.82 Å². The summed E-state index contributed by atoms with van der Waals surface area (Å²) < 4.78 is 32.3. The Kier molecular flexibility index (Phi) is 6.72. The summed E-state index contributed by atoms with van der Waals surface area (Å²) in [5, 5.41) is 11.8. The van der Waals surface area contributed by atoms with E-state index in [1.165, 1.54) is 28.2 Å². The monoisotopic (exact) mass is 479 g/mol. The molecule has 1 atom stereocenters. The predicted molar refractivity (Wildman–Crippen MR) is 120 cm³/mol. The SMILES string of the molecule is C[C@H](Sc1n[nH]c(-c2cccs2)n1)C(=O)Nc1cccc(S(=O)(=O)N2CCOCC2)c1. The maximum atomic E-state index is 12.8. The fourth-order valence-electron chi connectivity index (χ4n) is 2.95. The van der Waals surface area contributed by atoms with Crippen molar-refractivity contribution < 1.29 is 17.9 Å². The number of hydrogen-bond acceptors (Lipinski definition) is 8. The highest BCUT2D eigenvalue weighted by Crippen LogP contribution is 2.26. The lowest BCUT2D eigenvalue weighted by molar-refractivity contribution is -0.115. The molecule has 0 aliphatic carbocycles. The van der Waals surface area contributed by atoms with E-state index in [0.717, 1.165) is 4.88 Å². The van der Waals surface area contributed by atoms with Gasteiger partial charge in [-0.3, -0.25) is 9.89 Å². The smallest absolute Gasteiger partial charge is 0.243 e. The van der Waals surface area contributed by atoms with Crippen LogP contribution in [0.5, 0.6) is 0 Å². The van der Waals surface area contributed by atoms with Crippen LogP contribution >= 0.6 is 23.1 Å². The first-order chi connectivity index (χ1) is 14.9. The van der Waals surface area contributed by atoms with Crippen molar-refractivity contribution in [2.75, 3.05) is 31.6 Å². The third kappa shape index (κ3) is 5.15. The third-order valence-corrected chi connectivity index (χ3v) is 8.31. The highest BCUT2D eigenvalue weighted by atomic mass is 32.2. The van der Waals surface area contributed by atoms with Crippen molar-refractivity contribution in [1.29, 1.82) is 0 Å². The minimum Gasteiger partial charge on any atom is -0.379 e. The molecule has 1 amide bonds. The summed E-state index contributed by atoms with van der Waals surface area (Å²) in [5.41, 5.74) is 0.418. The summed E-state index contributed by atoms with van der Waals surface area (Å²) in [4.78, 5) is 18.2. The molecule has 0 unspecified atom stereocenters. The Morgan fingerprint density at radius 2 is 2.10 bits per heavy atom. The molecule has 0 radical (unpaired) electrons. The van der Waals surface area contributed by atoms with Gasteiger partial charge in [0.2, 0.25) is 21.1 Å². The highest BCUT2D eigenvalue weighted by Gasteiger charge is 2.27. The molecule has 0 saturated carbocycles. The topological polar surface area (TPSA) is 117 Å². The zero-order valence-electron chi connectivity index (χ0n) is 16.6. The van der Waals surface area contributed by atoms with Crippen LogP contribution in [-0.2, 0) is 19.6 Å². The molecule has 1 aliphatic heterocycles. The number of thioether (sulfide) groups is 1. The van der Waals surface area contributed by atoms with Crippen molar-refractivity contribution in [2.45, 2.75) is 22.2 Å². The maximum Gasteiger partial charge on any atom is 0.243 e. The second-order valence-corrected chi connectivity index (χ2v) is 10.9. The van der Waals surface area contributed by atoms with Gasteiger partial charge < -0.3 is 10.1 Å². The van der Waals surface area contributed by atoms with E-state index in [1.807, 2.05) is 17.5 Å². The Morgan fingerprint density at radius 1 is 1.29 bits per heavy atom. The van der Waals surface area contributed by atoms with E-state index in [1.54, 1.807) is 30.4 Å². The fraction of sp³-hybridized carbons (Fsp3) is 0.316. The minimum absolute atomic E-state index is 0.141. The normalized spacial score (nSPS) is 16.2. The number of nitrogens with one attached hydrogen (secondary N) is 2. The van der Waals surface area contributed by atoms with Crippen LogP contribution in [0, 0.1) is 0 Å². The quantitative estimate of drug-likeness (QED) is 0.500. The molecule has 4 rings (SSSR count). The van der Waals surface area contributed by atoms with Gasteiger partial charge in [-0.1, -0.05) is 23.9 Å². The number of ether oxygens (including phenoxy) is 1. The van der Waals surface area contributed by atoms with Gasteiger partial charge in [0.05, 0.1) is 28.2 Å². The molecule has 31 heavy (non-hydrogen) atoms. The lowest BCUT2D eigenvalue weighted by Gasteiger charge is -2.26.